The first-order valence-corrected chi connectivity index (χ1v) is 18.2. The molecule has 3 heterocycles. The third-order valence-corrected chi connectivity index (χ3v) is 10.2. The minimum absolute atomic E-state index is 0.167. The number of carbonyl (C=O) groups is 1. The Labute approximate surface area is 261 Å². The molecule has 0 aromatic heterocycles. The highest BCUT2D eigenvalue weighted by atomic mass is 32.2. The molecule has 3 aromatic carbocycles. The molecule has 0 radical (unpaired) electrons. The zero-order valence-electron chi connectivity index (χ0n) is 24.6. The van der Waals surface area contributed by atoms with Crippen LogP contribution in [-0.4, -0.2) is 74.7 Å². The number of hydrogen-bond donors (Lipinski definition) is 3. The molecular weight excluding hydrogens is 620 g/mol. The first-order chi connectivity index (χ1) is 21.4. The van der Waals surface area contributed by atoms with E-state index in [1.807, 2.05) is 18.2 Å². The third kappa shape index (κ3) is 6.76. The highest BCUT2D eigenvalue weighted by Crippen LogP contribution is 2.42. The molecule has 3 N–H and O–H groups in total. The summed E-state index contributed by atoms with van der Waals surface area (Å²) in [4.78, 5) is 14.5. The summed E-state index contributed by atoms with van der Waals surface area (Å²) in [6.45, 7) is 2.32. The number of aryl methyl sites for hydroxylation is 2. The zero-order valence-corrected chi connectivity index (χ0v) is 26.2. The van der Waals surface area contributed by atoms with Crippen molar-refractivity contribution >= 4 is 37.5 Å². The molecule has 0 spiro atoms. The molecular formula is C32H35N2O9S2+. The number of anilines is 1. The highest BCUT2D eigenvalue weighted by Gasteiger charge is 2.29. The number of hydrogen-bond acceptors (Lipinski definition) is 7. The number of fused-ring (bicyclic) bond motifs is 4. The fraction of sp³-hybridized carbons (Fsp3) is 0.375. The van der Waals surface area contributed by atoms with Gasteiger partial charge in [0, 0.05) is 59.6 Å². The van der Waals surface area contributed by atoms with Crippen LogP contribution in [0.15, 0.2) is 48.5 Å². The number of benzene rings is 3. The van der Waals surface area contributed by atoms with Gasteiger partial charge >= 0.3 is 5.97 Å². The zero-order chi connectivity index (χ0) is 31.9. The van der Waals surface area contributed by atoms with E-state index in [0.717, 1.165) is 77.3 Å². The van der Waals surface area contributed by atoms with Crippen LogP contribution >= 0.6 is 0 Å². The van der Waals surface area contributed by atoms with Crippen molar-refractivity contribution in [2.24, 2.45) is 0 Å². The van der Waals surface area contributed by atoms with Crippen molar-refractivity contribution < 1.29 is 40.6 Å². The quantitative estimate of drug-likeness (QED) is 0.171. The highest BCUT2D eigenvalue weighted by molar-refractivity contribution is 7.86. The second kappa shape index (κ2) is 12.2. The number of ether oxygens (including phenoxy) is 1. The summed E-state index contributed by atoms with van der Waals surface area (Å²) in [6, 6.07) is 14.9. The van der Waals surface area contributed by atoms with E-state index in [1.54, 1.807) is 18.2 Å². The second-order valence-electron chi connectivity index (χ2n) is 11.7. The van der Waals surface area contributed by atoms with Crippen molar-refractivity contribution in [3.05, 3.63) is 86.9 Å². The van der Waals surface area contributed by atoms with E-state index in [-0.39, 0.29) is 29.9 Å². The molecule has 3 aliphatic heterocycles. The lowest BCUT2D eigenvalue weighted by atomic mass is 9.86. The average molecular weight is 656 g/mol. The molecule has 0 unspecified atom stereocenters. The minimum atomic E-state index is -4.07. The molecule has 3 aliphatic rings. The summed E-state index contributed by atoms with van der Waals surface area (Å²) in [7, 11) is -8.15. The van der Waals surface area contributed by atoms with Gasteiger partial charge in [0.15, 0.2) is 0 Å². The van der Waals surface area contributed by atoms with Crippen molar-refractivity contribution in [3.63, 3.8) is 0 Å². The second-order valence-corrected chi connectivity index (χ2v) is 14.9. The van der Waals surface area contributed by atoms with Crippen LogP contribution in [0.5, 0.6) is 11.5 Å². The number of rotatable bonds is 10. The first kappa shape index (κ1) is 31.2. The molecule has 0 bridgehead atoms. The van der Waals surface area contributed by atoms with Crippen LogP contribution in [0.1, 0.15) is 58.3 Å². The van der Waals surface area contributed by atoms with Gasteiger partial charge in [-0.15, -0.1) is 0 Å². The maximum absolute atomic E-state index is 12.4. The lowest BCUT2D eigenvalue weighted by Crippen LogP contribution is -2.40. The molecule has 45 heavy (non-hydrogen) atoms. The van der Waals surface area contributed by atoms with Gasteiger partial charge in [-0.05, 0) is 55.0 Å². The van der Waals surface area contributed by atoms with E-state index in [0.29, 0.717) is 30.2 Å². The van der Waals surface area contributed by atoms with E-state index in [1.165, 1.54) is 0 Å². The Morgan fingerprint density at radius 3 is 2.36 bits per heavy atom. The molecule has 0 amide bonds. The van der Waals surface area contributed by atoms with Gasteiger partial charge < -0.3 is 14.7 Å². The number of carboxylic acids is 1. The molecule has 0 aliphatic carbocycles. The predicted octanol–water partition coefficient (Wildman–Crippen LogP) is 2.48. The summed E-state index contributed by atoms with van der Waals surface area (Å²) in [6.07, 6.45) is 3.83. The van der Waals surface area contributed by atoms with Gasteiger partial charge in [-0.3, -0.25) is 9.11 Å². The molecule has 11 nitrogen and oxygen atoms in total. The van der Waals surface area contributed by atoms with Gasteiger partial charge in [-0.1, -0.05) is 18.2 Å². The smallest absolute Gasteiger partial charge is 0.336 e. The lowest BCUT2D eigenvalue weighted by molar-refractivity contribution is 0.0696. The van der Waals surface area contributed by atoms with Crippen LogP contribution in [0.25, 0.3) is 5.57 Å². The Hall–Kier alpha value is -3.78. The summed E-state index contributed by atoms with van der Waals surface area (Å²) in [5, 5.41) is 11.8. The largest absolute Gasteiger partial charge is 0.478 e. The Morgan fingerprint density at radius 1 is 0.867 bits per heavy atom. The van der Waals surface area contributed by atoms with Crippen LogP contribution in [0.2, 0.25) is 0 Å². The SMILES string of the molecule is O=C(O)c1ccccc1C1=c2cc3c(cc2Oc2cc4c(cc21)CCCN4CCCS(=O)(=O)O)=[N+](CCCS(=O)(=O)O)CCC3. The molecule has 0 fully saturated rings. The normalized spacial score (nSPS) is 15.9. The number of aromatic carboxylic acids is 1. The summed E-state index contributed by atoms with van der Waals surface area (Å²) in [5.41, 5.74) is 5.27. The van der Waals surface area contributed by atoms with E-state index >= 15 is 0 Å². The molecule has 0 atom stereocenters. The number of nitrogens with zero attached hydrogens (tertiary/aromatic N) is 2. The maximum Gasteiger partial charge on any atom is 0.336 e. The minimum Gasteiger partial charge on any atom is -0.478 e. The average Bonchev–Trinajstić information content (AvgIpc) is 2.97. The van der Waals surface area contributed by atoms with Crippen molar-refractivity contribution in [3.8, 4) is 11.5 Å². The monoisotopic (exact) mass is 655 g/mol. The van der Waals surface area contributed by atoms with Crippen molar-refractivity contribution in [1.82, 2.24) is 4.58 Å². The summed E-state index contributed by atoms with van der Waals surface area (Å²) >= 11 is 0. The molecule has 3 aromatic rings. The third-order valence-electron chi connectivity index (χ3n) is 8.64. The Kier molecular flexibility index (Phi) is 8.46. The number of carboxylic acid groups (broad SMARTS) is 1. The van der Waals surface area contributed by atoms with Crippen LogP contribution in [0.4, 0.5) is 5.69 Å². The fourth-order valence-corrected chi connectivity index (χ4v) is 7.71. The Morgan fingerprint density at radius 2 is 1.60 bits per heavy atom. The molecule has 0 saturated carbocycles. The van der Waals surface area contributed by atoms with Crippen LogP contribution in [0.3, 0.4) is 0 Å². The van der Waals surface area contributed by atoms with Crippen molar-refractivity contribution in [2.45, 2.75) is 38.5 Å². The first-order valence-electron chi connectivity index (χ1n) is 15.0. The van der Waals surface area contributed by atoms with Crippen LogP contribution in [0, 0.1) is 0 Å². The summed E-state index contributed by atoms with van der Waals surface area (Å²) in [5.74, 6) is -0.607. The van der Waals surface area contributed by atoms with E-state index in [2.05, 4.69) is 21.6 Å². The lowest BCUT2D eigenvalue weighted by Gasteiger charge is -2.33. The Balaban J connectivity index is 1.53. The van der Waals surface area contributed by atoms with Gasteiger partial charge in [0.2, 0.25) is 5.36 Å². The van der Waals surface area contributed by atoms with Crippen LogP contribution < -0.4 is 24.8 Å². The van der Waals surface area contributed by atoms with Gasteiger partial charge in [0.25, 0.3) is 20.2 Å². The molecule has 0 saturated heterocycles. The van der Waals surface area contributed by atoms with Crippen LogP contribution in [-0.2, 0) is 33.1 Å². The Bertz CT molecular complexity index is 2040. The summed E-state index contributed by atoms with van der Waals surface area (Å²) < 4.78 is 72.5. The van der Waals surface area contributed by atoms with Crippen molar-refractivity contribution in [2.75, 3.05) is 42.6 Å². The van der Waals surface area contributed by atoms with Gasteiger partial charge in [0.05, 0.1) is 23.1 Å². The molecule has 6 rings (SSSR count). The van der Waals surface area contributed by atoms with E-state index in [4.69, 9.17) is 4.74 Å². The van der Waals surface area contributed by atoms with Gasteiger partial charge in [0.1, 0.15) is 24.6 Å². The fourth-order valence-electron chi connectivity index (χ4n) is 6.72. The van der Waals surface area contributed by atoms with E-state index in [9.17, 15) is 35.8 Å². The van der Waals surface area contributed by atoms with E-state index < -0.39 is 26.2 Å². The van der Waals surface area contributed by atoms with Crippen molar-refractivity contribution in [1.29, 1.82) is 0 Å². The maximum atomic E-state index is 12.4. The molecule has 238 valence electrons. The van der Waals surface area contributed by atoms with Gasteiger partial charge in [-0.2, -0.15) is 16.8 Å². The standard InChI is InChI=1S/C32H34N2O9S2/c35-32(36)24-10-2-1-9-23(24)31-25-17-21-7-3-11-33(13-5-15-44(37,38)39)27(21)19-29(25)43-30-20-28-22(18-26(30)31)8-4-12-34(28)14-6-16-45(40,41)42/h1-2,9-10,17-20H,3-8,11-16H2,(H2-,35,36,37,38,39,40,41,42)/p+1. The van der Waals surface area contributed by atoms with Gasteiger partial charge in [-0.25, -0.2) is 9.37 Å². The predicted molar refractivity (Wildman–Crippen MR) is 169 cm³/mol. The molecule has 13 heteroatoms. The topological polar surface area (TPSA) is 162 Å².